The van der Waals surface area contributed by atoms with Gasteiger partial charge in [0.25, 0.3) is 0 Å². The molecule has 17 heavy (non-hydrogen) atoms. The number of aryl methyl sites for hydroxylation is 1. The standard InChI is InChI=1S/C14H10BrNS/c1-10-7-14(6-5-11(10)9-16)17-13-4-2-3-12(15)8-13/h2-8H,1H3. The Hall–Kier alpha value is -1.24. The average molecular weight is 304 g/mol. The first-order valence-electron chi connectivity index (χ1n) is 5.13. The first-order valence-corrected chi connectivity index (χ1v) is 6.74. The van der Waals surface area contributed by atoms with E-state index in [1.54, 1.807) is 11.8 Å². The van der Waals surface area contributed by atoms with E-state index in [2.05, 4.69) is 34.1 Å². The fourth-order valence-electron chi connectivity index (χ4n) is 1.49. The quantitative estimate of drug-likeness (QED) is 0.797. The Labute approximate surface area is 114 Å². The normalized spacial score (nSPS) is 9.94. The molecule has 0 aliphatic heterocycles. The van der Waals surface area contributed by atoms with Gasteiger partial charge in [0.2, 0.25) is 0 Å². The summed E-state index contributed by atoms with van der Waals surface area (Å²) in [6.07, 6.45) is 0. The predicted octanol–water partition coefficient (Wildman–Crippen LogP) is 4.78. The molecular formula is C14H10BrNS. The van der Waals surface area contributed by atoms with Crippen LogP contribution in [0.3, 0.4) is 0 Å². The minimum atomic E-state index is 0.739. The van der Waals surface area contributed by atoms with Gasteiger partial charge in [0.15, 0.2) is 0 Å². The topological polar surface area (TPSA) is 23.8 Å². The molecule has 0 atom stereocenters. The Balaban J connectivity index is 2.25. The third kappa shape index (κ3) is 3.12. The number of halogens is 1. The number of rotatable bonds is 2. The molecule has 0 aromatic heterocycles. The van der Waals surface area contributed by atoms with Crippen LogP contribution >= 0.6 is 27.7 Å². The zero-order chi connectivity index (χ0) is 12.3. The summed E-state index contributed by atoms with van der Waals surface area (Å²) in [5, 5.41) is 8.87. The lowest BCUT2D eigenvalue weighted by molar-refractivity contribution is 1.31. The SMILES string of the molecule is Cc1cc(Sc2cccc(Br)c2)ccc1C#N. The maximum absolute atomic E-state index is 8.87. The van der Waals surface area contributed by atoms with Crippen molar-refractivity contribution >= 4 is 27.7 Å². The molecule has 84 valence electrons. The van der Waals surface area contributed by atoms with E-state index >= 15 is 0 Å². The second-order valence-corrected chi connectivity index (χ2v) is 5.71. The van der Waals surface area contributed by atoms with Gasteiger partial charge in [0, 0.05) is 14.3 Å². The van der Waals surface area contributed by atoms with Gasteiger partial charge in [-0.2, -0.15) is 5.26 Å². The molecule has 2 aromatic carbocycles. The molecule has 0 unspecified atom stereocenters. The molecule has 0 N–H and O–H groups in total. The molecule has 2 aromatic rings. The van der Waals surface area contributed by atoms with Crippen LogP contribution in [-0.2, 0) is 0 Å². The summed E-state index contributed by atoms with van der Waals surface area (Å²) in [6.45, 7) is 1.96. The molecular weight excluding hydrogens is 294 g/mol. The Morgan fingerprint density at radius 1 is 1.12 bits per heavy atom. The van der Waals surface area contributed by atoms with Crippen LogP contribution < -0.4 is 0 Å². The van der Waals surface area contributed by atoms with Crippen LogP contribution in [0.4, 0.5) is 0 Å². The van der Waals surface area contributed by atoms with Gasteiger partial charge >= 0.3 is 0 Å². The van der Waals surface area contributed by atoms with Gasteiger partial charge < -0.3 is 0 Å². The molecule has 0 radical (unpaired) electrons. The lowest BCUT2D eigenvalue weighted by atomic mass is 10.1. The van der Waals surface area contributed by atoms with E-state index in [4.69, 9.17) is 5.26 Å². The largest absolute Gasteiger partial charge is 0.192 e. The molecule has 0 saturated heterocycles. The second-order valence-electron chi connectivity index (χ2n) is 3.65. The fraction of sp³-hybridized carbons (Fsp3) is 0.0714. The van der Waals surface area contributed by atoms with Crippen molar-refractivity contribution in [2.45, 2.75) is 16.7 Å². The number of benzene rings is 2. The Kier molecular flexibility index (Phi) is 3.88. The number of nitrogens with zero attached hydrogens (tertiary/aromatic N) is 1. The van der Waals surface area contributed by atoms with E-state index in [9.17, 15) is 0 Å². The van der Waals surface area contributed by atoms with Crippen LogP contribution in [0.1, 0.15) is 11.1 Å². The highest BCUT2D eigenvalue weighted by Gasteiger charge is 2.01. The molecule has 0 fully saturated rings. The van der Waals surface area contributed by atoms with Crippen molar-refractivity contribution in [1.29, 1.82) is 5.26 Å². The fourth-order valence-corrected chi connectivity index (χ4v) is 3.02. The van der Waals surface area contributed by atoms with Crippen LogP contribution in [0, 0.1) is 18.3 Å². The van der Waals surface area contributed by atoms with Gasteiger partial charge in [-0.05, 0) is 48.9 Å². The van der Waals surface area contributed by atoms with Crippen LogP contribution in [0.5, 0.6) is 0 Å². The minimum absolute atomic E-state index is 0.739. The number of hydrogen-bond acceptors (Lipinski definition) is 2. The van der Waals surface area contributed by atoms with Crippen molar-refractivity contribution in [2.24, 2.45) is 0 Å². The lowest BCUT2D eigenvalue weighted by Gasteiger charge is -2.04. The maximum atomic E-state index is 8.87. The molecule has 1 nitrogen and oxygen atoms in total. The maximum Gasteiger partial charge on any atom is 0.0994 e. The third-order valence-electron chi connectivity index (χ3n) is 2.35. The zero-order valence-corrected chi connectivity index (χ0v) is 11.7. The van der Waals surface area contributed by atoms with E-state index in [1.165, 1.54) is 4.90 Å². The highest BCUT2D eigenvalue weighted by atomic mass is 79.9. The van der Waals surface area contributed by atoms with Gasteiger partial charge in [0.1, 0.15) is 0 Å². The first kappa shape index (κ1) is 12.2. The summed E-state index contributed by atoms with van der Waals surface area (Å²) in [7, 11) is 0. The Morgan fingerprint density at radius 3 is 2.53 bits per heavy atom. The molecule has 0 aliphatic rings. The third-order valence-corrected chi connectivity index (χ3v) is 3.82. The monoisotopic (exact) mass is 303 g/mol. The van der Waals surface area contributed by atoms with Crippen LogP contribution in [0.15, 0.2) is 56.7 Å². The van der Waals surface area contributed by atoms with Crippen molar-refractivity contribution in [1.82, 2.24) is 0 Å². The minimum Gasteiger partial charge on any atom is -0.192 e. The van der Waals surface area contributed by atoms with Gasteiger partial charge in [-0.3, -0.25) is 0 Å². The van der Waals surface area contributed by atoms with Gasteiger partial charge in [-0.25, -0.2) is 0 Å². The summed E-state index contributed by atoms with van der Waals surface area (Å²) in [5.41, 5.74) is 1.76. The summed E-state index contributed by atoms with van der Waals surface area (Å²) in [6, 6.07) is 16.3. The van der Waals surface area contributed by atoms with Crippen molar-refractivity contribution in [3.63, 3.8) is 0 Å². The van der Waals surface area contributed by atoms with Crippen LogP contribution in [0.2, 0.25) is 0 Å². The van der Waals surface area contributed by atoms with E-state index < -0.39 is 0 Å². The molecule has 0 heterocycles. The van der Waals surface area contributed by atoms with E-state index in [0.717, 1.165) is 20.5 Å². The van der Waals surface area contributed by atoms with E-state index in [-0.39, 0.29) is 0 Å². The Morgan fingerprint density at radius 2 is 1.88 bits per heavy atom. The van der Waals surface area contributed by atoms with Gasteiger partial charge in [-0.15, -0.1) is 0 Å². The summed E-state index contributed by atoms with van der Waals surface area (Å²) < 4.78 is 1.08. The molecule has 0 saturated carbocycles. The van der Waals surface area contributed by atoms with Crippen LogP contribution in [-0.4, -0.2) is 0 Å². The van der Waals surface area contributed by atoms with Crippen LogP contribution in [0.25, 0.3) is 0 Å². The van der Waals surface area contributed by atoms with Crippen molar-refractivity contribution < 1.29 is 0 Å². The van der Waals surface area contributed by atoms with Crippen molar-refractivity contribution in [3.8, 4) is 6.07 Å². The predicted molar refractivity (Wildman–Crippen MR) is 74.2 cm³/mol. The molecule has 0 bridgehead atoms. The van der Waals surface area contributed by atoms with E-state index in [1.807, 2.05) is 37.3 Å². The number of hydrogen-bond donors (Lipinski definition) is 0. The smallest absolute Gasteiger partial charge is 0.0994 e. The summed E-state index contributed by atoms with van der Waals surface area (Å²) in [5.74, 6) is 0. The molecule has 3 heteroatoms. The van der Waals surface area contributed by atoms with Crippen molar-refractivity contribution in [3.05, 3.63) is 58.1 Å². The van der Waals surface area contributed by atoms with Crippen molar-refractivity contribution in [2.75, 3.05) is 0 Å². The van der Waals surface area contributed by atoms with E-state index in [0.29, 0.717) is 0 Å². The Bertz CT molecular complexity index is 587. The molecule has 0 amide bonds. The highest BCUT2D eigenvalue weighted by Crippen LogP contribution is 2.30. The lowest BCUT2D eigenvalue weighted by Crippen LogP contribution is -1.82. The average Bonchev–Trinajstić information content (AvgIpc) is 2.29. The summed E-state index contributed by atoms with van der Waals surface area (Å²) >= 11 is 5.15. The molecule has 0 aliphatic carbocycles. The number of nitriles is 1. The van der Waals surface area contributed by atoms with Gasteiger partial charge in [-0.1, -0.05) is 33.8 Å². The second kappa shape index (κ2) is 5.39. The highest BCUT2D eigenvalue weighted by molar-refractivity contribution is 9.10. The molecule has 2 rings (SSSR count). The van der Waals surface area contributed by atoms with Gasteiger partial charge in [0.05, 0.1) is 11.6 Å². The zero-order valence-electron chi connectivity index (χ0n) is 9.27. The first-order chi connectivity index (χ1) is 8.19. The summed E-state index contributed by atoms with van der Waals surface area (Å²) in [4.78, 5) is 2.34. The molecule has 0 spiro atoms.